The van der Waals surface area contributed by atoms with E-state index in [4.69, 9.17) is 0 Å². The lowest BCUT2D eigenvalue weighted by Gasteiger charge is -2.04. The van der Waals surface area contributed by atoms with E-state index in [-0.39, 0.29) is 0 Å². The smallest absolute Gasteiger partial charge is 0.0705 e. The third-order valence-corrected chi connectivity index (χ3v) is 9.42. The Morgan fingerprint density at radius 1 is 0.500 bits per heavy atom. The lowest BCUT2D eigenvalue weighted by Crippen LogP contribution is -1.74. The Balaban J connectivity index is 1.39. The molecule has 0 saturated carbocycles. The molecule has 2 aromatic heterocycles. The van der Waals surface area contributed by atoms with Crippen LogP contribution in [0.4, 0.5) is 0 Å². The predicted molar refractivity (Wildman–Crippen MR) is 127 cm³/mol. The molecule has 2 heterocycles. The Labute approximate surface area is 185 Å². The van der Waals surface area contributed by atoms with E-state index in [9.17, 15) is 0 Å². The Bertz CT molecular complexity index is 917. The minimum absolute atomic E-state index is 1.17. The molecule has 0 aliphatic heterocycles. The van der Waals surface area contributed by atoms with Gasteiger partial charge in [-0.25, -0.2) is 0 Å². The second kappa shape index (κ2) is 8.67. The Morgan fingerprint density at radius 2 is 0.885 bits per heavy atom. The molecule has 0 fully saturated rings. The van der Waals surface area contributed by atoms with Gasteiger partial charge in [0, 0.05) is 19.5 Å². The third-order valence-electron chi connectivity index (χ3n) is 3.66. The summed E-state index contributed by atoms with van der Waals surface area (Å²) in [5, 5.41) is 0. The van der Waals surface area contributed by atoms with Crippen LogP contribution in [-0.4, -0.2) is 0 Å². The van der Waals surface area contributed by atoms with E-state index < -0.39 is 0 Å². The monoisotopic (exact) mass is 538 g/mol. The summed E-state index contributed by atoms with van der Waals surface area (Å²) in [4.78, 5) is 5.11. The molecule has 0 N–H and O–H groups in total. The van der Waals surface area contributed by atoms with E-state index in [1.165, 1.54) is 38.2 Å². The van der Waals surface area contributed by atoms with Gasteiger partial charge in [-0.2, -0.15) is 0 Å². The van der Waals surface area contributed by atoms with Crippen LogP contribution >= 0.6 is 76.1 Å². The van der Waals surface area contributed by atoms with Crippen molar-refractivity contribution in [3.05, 3.63) is 80.4 Å². The van der Waals surface area contributed by atoms with Crippen molar-refractivity contribution in [3.63, 3.8) is 0 Å². The lowest BCUT2D eigenvalue weighted by atomic mass is 10.2. The van der Waals surface area contributed by atoms with Crippen LogP contribution in [0.3, 0.4) is 0 Å². The average Bonchev–Trinajstić information content (AvgIpc) is 3.29. The van der Waals surface area contributed by atoms with Gasteiger partial charge in [-0.1, -0.05) is 45.9 Å². The van der Waals surface area contributed by atoms with Crippen LogP contribution in [0.2, 0.25) is 0 Å². The van der Waals surface area contributed by atoms with Crippen LogP contribution in [0.5, 0.6) is 0 Å². The predicted octanol–water partition coefficient (Wildman–Crippen LogP) is 9.47. The topological polar surface area (TPSA) is 0 Å². The van der Waals surface area contributed by atoms with Gasteiger partial charge in [0.15, 0.2) is 0 Å². The highest BCUT2D eigenvalue weighted by Gasteiger charge is 2.04. The highest BCUT2D eigenvalue weighted by molar-refractivity contribution is 9.11. The van der Waals surface area contributed by atoms with E-state index in [1.54, 1.807) is 44.3 Å². The molecule has 26 heavy (non-hydrogen) atoms. The largest absolute Gasteiger partial charge is 0.128 e. The molecule has 130 valence electrons. The molecule has 0 nitrogen and oxygen atoms in total. The SMILES string of the molecule is Brc1ccc(-c2ccc(SSc3ccc(-c4ccc(Br)s4)cc3)cc2)s1. The summed E-state index contributed by atoms with van der Waals surface area (Å²) in [5.74, 6) is 0. The zero-order valence-electron chi connectivity index (χ0n) is 13.3. The van der Waals surface area contributed by atoms with Crippen molar-refractivity contribution < 1.29 is 0 Å². The third kappa shape index (κ3) is 4.66. The van der Waals surface area contributed by atoms with Gasteiger partial charge in [0.25, 0.3) is 0 Å². The van der Waals surface area contributed by atoms with Crippen LogP contribution in [0.25, 0.3) is 20.9 Å². The number of thiophene rings is 2. The van der Waals surface area contributed by atoms with Gasteiger partial charge in [-0.05, 0) is 91.5 Å². The van der Waals surface area contributed by atoms with Crippen LogP contribution in [0.1, 0.15) is 0 Å². The maximum Gasteiger partial charge on any atom is 0.0705 e. The van der Waals surface area contributed by atoms with Gasteiger partial charge >= 0.3 is 0 Å². The maximum atomic E-state index is 3.53. The molecule has 0 spiro atoms. The molecule has 0 aliphatic rings. The first kappa shape index (κ1) is 18.8. The second-order valence-electron chi connectivity index (χ2n) is 5.42. The Morgan fingerprint density at radius 3 is 1.19 bits per heavy atom. The molecule has 2 aromatic carbocycles. The van der Waals surface area contributed by atoms with Crippen molar-refractivity contribution in [2.75, 3.05) is 0 Å². The summed E-state index contributed by atoms with van der Waals surface area (Å²) >= 11 is 10.6. The zero-order valence-corrected chi connectivity index (χ0v) is 19.8. The molecule has 0 bridgehead atoms. The minimum atomic E-state index is 1.17. The van der Waals surface area contributed by atoms with Crippen molar-refractivity contribution in [1.82, 2.24) is 0 Å². The first-order valence-electron chi connectivity index (χ1n) is 7.73. The normalized spacial score (nSPS) is 11.0. The fraction of sp³-hybridized carbons (Fsp3) is 0. The Hall–Kier alpha value is -0.500. The van der Waals surface area contributed by atoms with Crippen molar-refractivity contribution >= 4 is 76.1 Å². The fourth-order valence-electron chi connectivity index (χ4n) is 2.38. The first-order chi connectivity index (χ1) is 12.7. The standard InChI is InChI=1S/C20H12Br2S4/c21-19-11-9-17(23-19)13-1-5-15(6-2-13)25-26-16-7-3-14(4-8-16)18-10-12-20(22)24-18/h1-12H. The molecule has 0 aliphatic carbocycles. The summed E-state index contributed by atoms with van der Waals surface area (Å²) in [6.45, 7) is 0. The number of rotatable bonds is 5. The number of hydrogen-bond acceptors (Lipinski definition) is 4. The van der Waals surface area contributed by atoms with E-state index >= 15 is 0 Å². The van der Waals surface area contributed by atoms with E-state index in [2.05, 4.69) is 105 Å². The van der Waals surface area contributed by atoms with Crippen LogP contribution in [0, 0.1) is 0 Å². The summed E-state index contributed by atoms with van der Waals surface area (Å²) in [6, 6.07) is 26.0. The highest BCUT2D eigenvalue weighted by atomic mass is 79.9. The Kier molecular flexibility index (Phi) is 6.29. The average molecular weight is 540 g/mol. The molecule has 0 atom stereocenters. The van der Waals surface area contributed by atoms with E-state index in [0.717, 1.165) is 0 Å². The van der Waals surface area contributed by atoms with Crippen LogP contribution in [0.15, 0.2) is 90.2 Å². The zero-order chi connectivity index (χ0) is 17.9. The lowest BCUT2D eigenvalue weighted by molar-refractivity contribution is 1.47. The molecule has 4 aromatic rings. The minimum Gasteiger partial charge on any atom is -0.128 e. The van der Waals surface area contributed by atoms with E-state index in [0.29, 0.717) is 0 Å². The second-order valence-corrected chi connectivity index (χ2v) is 12.6. The van der Waals surface area contributed by atoms with Crippen molar-refractivity contribution in [1.29, 1.82) is 0 Å². The van der Waals surface area contributed by atoms with E-state index in [1.807, 2.05) is 0 Å². The molecule has 0 saturated heterocycles. The summed E-state index contributed by atoms with van der Waals surface area (Å²) in [5.41, 5.74) is 2.53. The van der Waals surface area contributed by atoms with Crippen molar-refractivity contribution in [2.45, 2.75) is 9.79 Å². The van der Waals surface area contributed by atoms with Gasteiger partial charge in [0.2, 0.25) is 0 Å². The van der Waals surface area contributed by atoms with Gasteiger partial charge in [-0.3, -0.25) is 0 Å². The van der Waals surface area contributed by atoms with Gasteiger partial charge in [-0.15, -0.1) is 22.7 Å². The van der Waals surface area contributed by atoms with Gasteiger partial charge in [0.1, 0.15) is 0 Å². The number of benzene rings is 2. The molecule has 4 rings (SSSR count). The number of hydrogen-bond donors (Lipinski definition) is 0. The number of halogens is 2. The molecular weight excluding hydrogens is 528 g/mol. The summed E-state index contributed by atoms with van der Waals surface area (Å²) < 4.78 is 2.33. The quantitative estimate of drug-likeness (QED) is 0.231. The molecular formula is C20H12Br2S4. The van der Waals surface area contributed by atoms with Gasteiger partial charge in [0.05, 0.1) is 7.57 Å². The van der Waals surface area contributed by atoms with Crippen LogP contribution < -0.4 is 0 Å². The summed E-state index contributed by atoms with van der Waals surface area (Å²) in [7, 11) is 3.59. The molecule has 0 radical (unpaired) electrons. The van der Waals surface area contributed by atoms with Crippen molar-refractivity contribution in [3.8, 4) is 20.9 Å². The van der Waals surface area contributed by atoms with Gasteiger partial charge < -0.3 is 0 Å². The molecule has 0 amide bonds. The maximum absolute atomic E-state index is 3.53. The first-order valence-corrected chi connectivity index (χ1v) is 13.1. The molecule has 6 heteroatoms. The summed E-state index contributed by atoms with van der Waals surface area (Å²) in [6.07, 6.45) is 0. The van der Waals surface area contributed by atoms with Crippen molar-refractivity contribution in [2.24, 2.45) is 0 Å². The molecule has 0 unspecified atom stereocenters. The highest BCUT2D eigenvalue weighted by Crippen LogP contribution is 2.40. The fourth-order valence-corrected chi connectivity index (χ4v) is 7.10. The van der Waals surface area contributed by atoms with Crippen LogP contribution in [-0.2, 0) is 0 Å².